The molecule has 1 spiro atoms. The number of hydrogen-bond acceptors (Lipinski definition) is 5. The van der Waals surface area contributed by atoms with E-state index in [9.17, 15) is 19.2 Å². The number of nitrogens with one attached hydrogen (secondary N) is 2. The Morgan fingerprint density at radius 3 is 2.26 bits per heavy atom. The minimum atomic E-state index is -0.978. The van der Waals surface area contributed by atoms with Crippen LogP contribution in [-0.2, 0) is 19.2 Å². The van der Waals surface area contributed by atoms with Crippen LogP contribution in [0.3, 0.4) is 0 Å². The summed E-state index contributed by atoms with van der Waals surface area (Å²) in [4.78, 5) is 53.2. The van der Waals surface area contributed by atoms with Crippen molar-refractivity contribution in [1.82, 2.24) is 15.5 Å². The van der Waals surface area contributed by atoms with Crippen molar-refractivity contribution >= 4 is 23.6 Å². The van der Waals surface area contributed by atoms with Crippen LogP contribution in [0.1, 0.15) is 86.0 Å². The van der Waals surface area contributed by atoms with E-state index >= 15 is 0 Å². The topological polar surface area (TPSA) is 148 Å². The van der Waals surface area contributed by atoms with Gasteiger partial charge < -0.3 is 27.0 Å². The molecule has 2 saturated heterocycles. The smallest absolute Gasteiger partial charge is 0.243 e. The number of primary amides is 1. The summed E-state index contributed by atoms with van der Waals surface area (Å²) in [7, 11) is 0. The molecular weight excluding hydrogens is 434 g/mol. The van der Waals surface area contributed by atoms with Crippen LogP contribution in [0.15, 0.2) is 0 Å². The first-order valence-corrected chi connectivity index (χ1v) is 12.6. The lowest BCUT2D eigenvalue weighted by Gasteiger charge is -2.35. The third kappa shape index (κ3) is 5.73. The first-order chi connectivity index (χ1) is 15.6. The quantitative estimate of drug-likeness (QED) is 0.453. The third-order valence-corrected chi connectivity index (χ3v) is 7.98. The van der Waals surface area contributed by atoms with Crippen molar-refractivity contribution in [3.8, 4) is 0 Å². The molecule has 34 heavy (non-hydrogen) atoms. The molecule has 4 amide bonds. The van der Waals surface area contributed by atoms with Crippen LogP contribution in [0.2, 0.25) is 0 Å². The van der Waals surface area contributed by atoms with Gasteiger partial charge in [0, 0.05) is 18.0 Å². The molecule has 3 fully saturated rings. The SMILES string of the molecule is CC1(C)C[C@@H](C[C@H](NC(=O)[C@@H]2CC3(CCCCC3)CN2C(=O)[C@@H](N)C(C)(C)C)C(N)=O)C(=O)N1. The number of nitrogens with zero attached hydrogens (tertiary/aromatic N) is 1. The van der Waals surface area contributed by atoms with Gasteiger partial charge >= 0.3 is 0 Å². The van der Waals surface area contributed by atoms with Crippen LogP contribution in [0.25, 0.3) is 0 Å². The summed E-state index contributed by atoms with van der Waals surface area (Å²) in [6.07, 6.45) is 6.54. The Kier molecular flexibility index (Phi) is 7.37. The summed E-state index contributed by atoms with van der Waals surface area (Å²) >= 11 is 0. The second-order valence-corrected chi connectivity index (χ2v) is 12.6. The second kappa shape index (κ2) is 9.47. The molecule has 0 aromatic carbocycles. The minimum Gasteiger partial charge on any atom is -0.368 e. The summed E-state index contributed by atoms with van der Waals surface area (Å²) < 4.78 is 0. The maximum Gasteiger partial charge on any atom is 0.243 e. The van der Waals surface area contributed by atoms with Crippen molar-refractivity contribution in [2.75, 3.05) is 6.54 Å². The molecule has 1 aliphatic carbocycles. The Morgan fingerprint density at radius 2 is 1.76 bits per heavy atom. The molecule has 0 aromatic heterocycles. The van der Waals surface area contributed by atoms with E-state index < -0.39 is 41.3 Å². The number of hydrogen-bond donors (Lipinski definition) is 4. The van der Waals surface area contributed by atoms with Gasteiger partial charge in [0.1, 0.15) is 12.1 Å². The lowest BCUT2D eigenvalue weighted by atomic mass is 9.72. The highest BCUT2D eigenvalue weighted by Crippen LogP contribution is 2.46. The first kappa shape index (κ1) is 26.4. The van der Waals surface area contributed by atoms with E-state index in [4.69, 9.17) is 11.5 Å². The molecule has 0 bridgehead atoms. The monoisotopic (exact) mass is 477 g/mol. The van der Waals surface area contributed by atoms with Gasteiger partial charge in [0.25, 0.3) is 0 Å². The molecule has 6 N–H and O–H groups in total. The maximum absolute atomic E-state index is 13.5. The molecular formula is C25H43N5O4. The van der Waals surface area contributed by atoms with Crippen molar-refractivity contribution in [3.05, 3.63) is 0 Å². The van der Waals surface area contributed by atoms with Gasteiger partial charge in [0.2, 0.25) is 23.6 Å². The fourth-order valence-corrected chi connectivity index (χ4v) is 5.92. The molecule has 3 rings (SSSR count). The maximum atomic E-state index is 13.5. The highest BCUT2D eigenvalue weighted by Gasteiger charge is 2.51. The highest BCUT2D eigenvalue weighted by atomic mass is 16.2. The summed E-state index contributed by atoms with van der Waals surface area (Å²) in [5, 5.41) is 5.70. The minimum absolute atomic E-state index is 0.0922. The van der Waals surface area contributed by atoms with E-state index in [1.807, 2.05) is 34.6 Å². The van der Waals surface area contributed by atoms with Crippen LogP contribution in [0.5, 0.6) is 0 Å². The summed E-state index contributed by atoms with van der Waals surface area (Å²) in [5.74, 6) is -1.85. The zero-order valence-corrected chi connectivity index (χ0v) is 21.4. The Morgan fingerprint density at radius 1 is 1.15 bits per heavy atom. The molecule has 1 saturated carbocycles. The molecule has 9 nitrogen and oxygen atoms in total. The van der Waals surface area contributed by atoms with Crippen LogP contribution < -0.4 is 22.1 Å². The molecule has 2 aliphatic heterocycles. The van der Waals surface area contributed by atoms with Crippen LogP contribution >= 0.6 is 0 Å². The zero-order valence-electron chi connectivity index (χ0n) is 21.4. The molecule has 3 aliphatic rings. The lowest BCUT2D eigenvalue weighted by molar-refractivity contribution is -0.142. The van der Waals surface area contributed by atoms with Crippen LogP contribution in [0.4, 0.5) is 0 Å². The number of carbonyl (C=O) groups excluding carboxylic acids is 4. The molecule has 0 aromatic rings. The Hall–Kier alpha value is -2.16. The average molecular weight is 478 g/mol. The van der Waals surface area contributed by atoms with E-state index in [2.05, 4.69) is 10.6 Å². The predicted octanol–water partition coefficient (Wildman–Crippen LogP) is 1.19. The summed E-state index contributed by atoms with van der Waals surface area (Å²) in [6, 6.07) is -2.42. The Labute approximate surface area is 203 Å². The van der Waals surface area contributed by atoms with Gasteiger partial charge in [-0.3, -0.25) is 19.2 Å². The molecule has 192 valence electrons. The molecule has 0 unspecified atom stereocenters. The Bertz CT molecular complexity index is 828. The number of likely N-dealkylation sites (tertiary alicyclic amines) is 1. The van der Waals surface area contributed by atoms with Crippen molar-refractivity contribution in [2.45, 2.75) is 110 Å². The predicted molar refractivity (Wildman–Crippen MR) is 129 cm³/mol. The van der Waals surface area contributed by atoms with Gasteiger partial charge in [0.05, 0.1) is 6.04 Å². The van der Waals surface area contributed by atoms with Gasteiger partial charge in [0.15, 0.2) is 0 Å². The van der Waals surface area contributed by atoms with Crippen LogP contribution in [-0.4, -0.2) is 58.7 Å². The fraction of sp³-hybridized carbons (Fsp3) is 0.840. The summed E-state index contributed by atoms with van der Waals surface area (Å²) in [5.41, 5.74) is 11.0. The molecule has 0 radical (unpaired) electrons. The second-order valence-electron chi connectivity index (χ2n) is 12.6. The normalized spacial score (nSPS) is 27.8. The zero-order chi connectivity index (χ0) is 25.5. The highest BCUT2D eigenvalue weighted by molar-refractivity contribution is 5.94. The van der Waals surface area contributed by atoms with Gasteiger partial charge in [-0.15, -0.1) is 0 Å². The van der Waals surface area contributed by atoms with Crippen molar-refractivity contribution in [3.63, 3.8) is 0 Å². The van der Waals surface area contributed by atoms with E-state index in [1.54, 1.807) is 4.90 Å². The largest absolute Gasteiger partial charge is 0.368 e. The fourth-order valence-electron chi connectivity index (χ4n) is 5.92. The summed E-state index contributed by atoms with van der Waals surface area (Å²) in [6.45, 7) is 10.1. The first-order valence-electron chi connectivity index (χ1n) is 12.6. The van der Waals surface area contributed by atoms with Crippen molar-refractivity contribution < 1.29 is 19.2 Å². The van der Waals surface area contributed by atoms with E-state index in [1.165, 1.54) is 0 Å². The number of amides is 4. The molecule has 9 heteroatoms. The van der Waals surface area contributed by atoms with Crippen molar-refractivity contribution in [2.24, 2.45) is 28.2 Å². The third-order valence-electron chi connectivity index (χ3n) is 7.98. The van der Waals surface area contributed by atoms with Crippen LogP contribution in [0, 0.1) is 16.7 Å². The number of carbonyl (C=O) groups is 4. The van der Waals surface area contributed by atoms with E-state index in [-0.39, 0.29) is 29.2 Å². The molecule has 4 atom stereocenters. The van der Waals surface area contributed by atoms with E-state index in [0.29, 0.717) is 19.4 Å². The Balaban J connectivity index is 1.78. The van der Waals surface area contributed by atoms with Gasteiger partial charge in [-0.2, -0.15) is 0 Å². The van der Waals surface area contributed by atoms with Gasteiger partial charge in [-0.25, -0.2) is 0 Å². The lowest BCUT2D eigenvalue weighted by Crippen LogP contribution is -2.57. The number of rotatable bonds is 6. The standard InChI is InChI=1S/C25H43N5O4/c1-23(2,3)18(26)22(34)30-14-25(9-7-6-8-10-25)13-17(30)21(33)28-16(19(27)31)11-15-12-24(4,5)29-20(15)32/h15-18H,6-14,26H2,1-5H3,(H2,27,31)(H,28,33)(H,29,32)/t15-,16+,17+,18-/m1/s1. The number of nitrogens with two attached hydrogens (primary N) is 2. The van der Waals surface area contributed by atoms with E-state index in [0.717, 1.165) is 32.1 Å². The average Bonchev–Trinajstić information content (AvgIpc) is 3.22. The van der Waals surface area contributed by atoms with Gasteiger partial charge in [-0.05, 0) is 56.8 Å². The molecule has 2 heterocycles. The van der Waals surface area contributed by atoms with Crippen molar-refractivity contribution in [1.29, 1.82) is 0 Å². The van der Waals surface area contributed by atoms with Gasteiger partial charge in [-0.1, -0.05) is 40.0 Å².